The first kappa shape index (κ1) is 24.0. The Balaban J connectivity index is 1.84. The standard InChI is InChI=1S/C22H34N8O2/c1-24-10-11-26-29-17-7-5-6-16(14-17)27-21-19(20(23)32)15-25-22(28-21)30(12-13-31)18-8-3-2-4-9-18/h5-7,11,14-15,18,20,24,29,31-32H,2-4,8-10,12-13,23H2,1H3,(H,25,27,28)/p+1/b26-11-. The zero-order valence-electron chi connectivity index (χ0n) is 18.6. The predicted molar refractivity (Wildman–Crippen MR) is 126 cm³/mol. The lowest BCUT2D eigenvalue weighted by Gasteiger charge is -2.34. The number of anilines is 3. The summed E-state index contributed by atoms with van der Waals surface area (Å²) in [7, 11) is 1.87. The van der Waals surface area contributed by atoms with Crippen LogP contribution in [0.1, 0.15) is 43.9 Å². The summed E-state index contributed by atoms with van der Waals surface area (Å²) in [5.74, 6) is 0.969. The van der Waals surface area contributed by atoms with E-state index < -0.39 is 6.23 Å². The summed E-state index contributed by atoms with van der Waals surface area (Å²) in [5.41, 5.74) is 9.67. The molecule has 1 aliphatic rings. The molecule has 0 bridgehead atoms. The van der Waals surface area contributed by atoms with Gasteiger partial charge < -0.3 is 31.5 Å². The molecule has 1 heterocycles. The Morgan fingerprint density at radius 1 is 1.34 bits per heavy atom. The van der Waals surface area contributed by atoms with Crippen LogP contribution in [-0.4, -0.2) is 59.2 Å². The summed E-state index contributed by atoms with van der Waals surface area (Å²) < 4.78 is 0. The molecule has 0 aliphatic heterocycles. The number of aliphatic hydroxyl groups is 2. The van der Waals surface area contributed by atoms with Gasteiger partial charge in [0.2, 0.25) is 5.95 Å². The first-order valence-corrected chi connectivity index (χ1v) is 11.2. The van der Waals surface area contributed by atoms with Crippen molar-refractivity contribution in [2.75, 3.05) is 37.0 Å². The molecule has 8 N–H and O–H groups in total. The van der Waals surface area contributed by atoms with Crippen molar-refractivity contribution in [2.45, 2.75) is 44.4 Å². The maximum atomic E-state index is 10.1. The molecule has 1 unspecified atom stereocenters. The van der Waals surface area contributed by atoms with E-state index >= 15 is 0 Å². The topological polar surface area (TPSA) is 149 Å². The summed E-state index contributed by atoms with van der Waals surface area (Å²) in [6.45, 7) is 1.18. The average molecular weight is 444 g/mol. The average Bonchev–Trinajstić information content (AvgIpc) is 2.81. The minimum atomic E-state index is -1.21. The molecule has 1 aliphatic carbocycles. The van der Waals surface area contributed by atoms with Crippen molar-refractivity contribution < 1.29 is 15.6 Å². The van der Waals surface area contributed by atoms with E-state index in [1.807, 2.05) is 31.3 Å². The van der Waals surface area contributed by atoms with E-state index in [1.165, 1.54) is 6.42 Å². The van der Waals surface area contributed by atoms with Gasteiger partial charge in [-0.2, -0.15) is 10.4 Å². The van der Waals surface area contributed by atoms with Gasteiger partial charge in [-0.1, -0.05) is 30.4 Å². The van der Waals surface area contributed by atoms with Gasteiger partial charge in [0.25, 0.3) is 0 Å². The number of hydrogen-bond acceptors (Lipinski definition) is 9. The van der Waals surface area contributed by atoms with E-state index in [1.54, 1.807) is 17.8 Å². The normalized spacial score (nSPS) is 15.8. The molecule has 1 fully saturated rings. The zero-order chi connectivity index (χ0) is 22.8. The molecule has 0 amide bonds. The lowest BCUT2D eigenvalue weighted by atomic mass is 9.94. The fourth-order valence-corrected chi connectivity index (χ4v) is 3.90. The summed E-state index contributed by atoms with van der Waals surface area (Å²) in [4.78, 5) is 11.2. The Kier molecular flexibility index (Phi) is 9.32. The van der Waals surface area contributed by atoms with Crippen LogP contribution >= 0.6 is 0 Å². The Hall–Kier alpha value is -2.63. The van der Waals surface area contributed by atoms with Crippen LogP contribution in [0.2, 0.25) is 0 Å². The maximum Gasteiger partial charge on any atom is 0.227 e. The smallest absolute Gasteiger partial charge is 0.227 e. The minimum Gasteiger partial charge on any atom is -0.395 e. The third-order valence-corrected chi connectivity index (χ3v) is 5.51. The lowest BCUT2D eigenvalue weighted by Crippen LogP contribution is -2.71. The Morgan fingerprint density at radius 3 is 2.88 bits per heavy atom. The lowest BCUT2D eigenvalue weighted by molar-refractivity contribution is -0.577. The molecular formula is C22H35N8O2+. The van der Waals surface area contributed by atoms with E-state index in [9.17, 15) is 10.2 Å². The number of nitrogens with one attached hydrogen (secondary N) is 2. The number of nitrogens with zero attached hydrogens (tertiary/aromatic N) is 4. The summed E-state index contributed by atoms with van der Waals surface area (Å²) >= 11 is 0. The molecule has 10 nitrogen and oxygen atoms in total. The SMILES string of the molecule is CNC/C=N\[NH2+]c1cccc(Nc2nc(N(CCO)C3CCCCC3)ncc2C(N)O)c1. The number of aliphatic hydroxyl groups excluding tert-OH is 2. The van der Waals surface area contributed by atoms with Gasteiger partial charge in [0, 0.05) is 43.1 Å². The van der Waals surface area contributed by atoms with Crippen molar-refractivity contribution in [3.8, 4) is 0 Å². The maximum absolute atomic E-state index is 10.1. The second-order valence-corrected chi connectivity index (χ2v) is 7.90. The van der Waals surface area contributed by atoms with Crippen LogP contribution in [0, 0.1) is 0 Å². The molecule has 1 aromatic heterocycles. The van der Waals surface area contributed by atoms with Crippen molar-refractivity contribution in [3.05, 3.63) is 36.0 Å². The molecule has 10 heteroatoms. The highest BCUT2D eigenvalue weighted by atomic mass is 16.3. The van der Waals surface area contributed by atoms with Crippen molar-refractivity contribution in [3.63, 3.8) is 0 Å². The molecule has 2 aromatic rings. The Morgan fingerprint density at radius 2 is 2.16 bits per heavy atom. The van der Waals surface area contributed by atoms with Crippen LogP contribution < -0.4 is 26.7 Å². The number of hydrogen-bond donors (Lipinski definition) is 6. The van der Waals surface area contributed by atoms with Crippen LogP contribution in [0.25, 0.3) is 0 Å². The van der Waals surface area contributed by atoms with Gasteiger partial charge in [0.15, 0.2) is 5.69 Å². The summed E-state index contributed by atoms with van der Waals surface area (Å²) in [6, 6.07) is 8.03. The molecule has 1 atom stereocenters. The van der Waals surface area contributed by atoms with Crippen LogP contribution in [0.4, 0.5) is 23.1 Å². The molecule has 1 saturated carbocycles. The van der Waals surface area contributed by atoms with Gasteiger partial charge in [-0.15, -0.1) is 0 Å². The number of nitrogens with two attached hydrogens (primary N) is 2. The second kappa shape index (κ2) is 12.4. The van der Waals surface area contributed by atoms with E-state index in [0.717, 1.165) is 37.1 Å². The number of rotatable bonds is 11. The van der Waals surface area contributed by atoms with Crippen molar-refractivity contribution in [1.29, 1.82) is 0 Å². The van der Waals surface area contributed by atoms with Crippen molar-refractivity contribution in [1.82, 2.24) is 15.3 Å². The molecule has 3 rings (SSSR count). The van der Waals surface area contributed by atoms with Crippen molar-refractivity contribution in [2.24, 2.45) is 10.8 Å². The number of benzene rings is 1. The highest BCUT2D eigenvalue weighted by Gasteiger charge is 2.24. The van der Waals surface area contributed by atoms with Crippen LogP contribution in [0.5, 0.6) is 0 Å². The van der Waals surface area contributed by atoms with Gasteiger partial charge in [-0.3, -0.25) is 0 Å². The van der Waals surface area contributed by atoms with Crippen LogP contribution in [0.3, 0.4) is 0 Å². The van der Waals surface area contributed by atoms with Crippen LogP contribution in [-0.2, 0) is 0 Å². The number of quaternary nitrogens is 1. The quantitative estimate of drug-likeness (QED) is 0.0977. The molecule has 1 aromatic carbocycles. The Labute approximate surface area is 189 Å². The van der Waals surface area contributed by atoms with Crippen LogP contribution in [0.15, 0.2) is 35.6 Å². The monoisotopic (exact) mass is 443 g/mol. The van der Waals surface area contributed by atoms with Gasteiger partial charge in [-0.05, 0) is 26.0 Å². The van der Waals surface area contributed by atoms with Gasteiger partial charge in [0.05, 0.1) is 18.4 Å². The fourth-order valence-electron chi connectivity index (χ4n) is 3.90. The van der Waals surface area contributed by atoms with Gasteiger partial charge >= 0.3 is 0 Å². The molecular weight excluding hydrogens is 408 g/mol. The second-order valence-electron chi connectivity index (χ2n) is 7.90. The molecule has 0 radical (unpaired) electrons. The van der Waals surface area contributed by atoms with E-state index in [-0.39, 0.29) is 6.61 Å². The predicted octanol–water partition coefficient (Wildman–Crippen LogP) is 0.701. The molecule has 32 heavy (non-hydrogen) atoms. The number of aromatic nitrogens is 2. The summed E-state index contributed by atoms with van der Waals surface area (Å²) in [5, 5.41) is 30.2. The summed E-state index contributed by atoms with van der Waals surface area (Å²) in [6.07, 6.45) is 7.81. The zero-order valence-corrected chi connectivity index (χ0v) is 18.6. The largest absolute Gasteiger partial charge is 0.395 e. The van der Waals surface area contributed by atoms with E-state index in [2.05, 4.69) is 25.6 Å². The third-order valence-electron chi connectivity index (χ3n) is 5.51. The van der Waals surface area contributed by atoms with E-state index in [0.29, 0.717) is 36.5 Å². The highest BCUT2D eigenvalue weighted by Crippen LogP contribution is 2.29. The minimum absolute atomic E-state index is 0.0236. The molecule has 0 saturated heterocycles. The first-order chi connectivity index (χ1) is 15.6. The van der Waals surface area contributed by atoms with E-state index in [4.69, 9.17) is 10.7 Å². The first-order valence-electron chi connectivity index (χ1n) is 11.2. The molecule has 0 spiro atoms. The fraction of sp³-hybridized carbons (Fsp3) is 0.500. The molecule has 174 valence electrons. The van der Waals surface area contributed by atoms with Gasteiger partial charge in [-0.25, -0.2) is 4.98 Å². The Bertz CT molecular complexity index is 871. The third kappa shape index (κ3) is 6.68. The van der Waals surface area contributed by atoms with Gasteiger partial charge in [0.1, 0.15) is 12.0 Å². The van der Waals surface area contributed by atoms with Crippen molar-refractivity contribution >= 4 is 29.4 Å². The highest BCUT2D eigenvalue weighted by molar-refractivity contribution is 5.63.